The van der Waals surface area contributed by atoms with Crippen molar-refractivity contribution in [3.05, 3.63) is 11.5 Å². The lowest BCUT2D eigenvalue weighted by Gasteiger charge is -2.19. The first kappa shape index (κ1) is 11.7. The third-order valence-electron chi connectivity index (χ3n) is 3.00. The van der Waals surface area contributed by atoms with Gasteiger partial charge < -0.3 is 5.32 Å². The van der Waals surface area contributed by atoms with Crippen molar-refractivity contribution in [2.75, 3.05) is 11.1 Å². The molecular weight excluding hydrogens is 218 g/mol. The quantitative estimate of drug-likeness (QED) is 0.877. The molecule has 0 aliphatic carbocycles. The van der Waals surface area contributed by atoms with E-state index in [4.69, 9.17) is 0 Å². The molecule has 0 aromatic carbocycles. The van der Waals surface area contributed by atoms with E-state index in [9.17, 15) is 0 Å². The van der Waals surface area contributed by atoms with Gasteiger partial charge in [0.2, 0.25) is 0 Å². The highest BCUT2D eigenvalue weighted by molar-refractivity contribution is 7.99. The first-order valence-electron chi connectivity index (χ1n) is 5.84. The van der Waals surface area contributed by atoms with Crippen LogP contribution in [0.3, 0.4) is 0 Å². The van der Waals surface area contributed by atoms with Gasteiger partial charge in [-0.25, -0.2) is 9.97 Å². The Balaban J connectivity index is 2.27. The second kappa shape index (κ2) is 4.62. The van der Waals surface area contributed by atoms with E-state index in [1.807, 2.05) is 18.7 Å². The Labute approximate surface area is 101 Å². The van der Waals surface area contributed by atoms with E-state index < -0.39 is 0 Å². The third kappa shape index (κ3) is 2.32. The van der Waals surface area contributed by atoms with Gasteiger partial charge in [0.1, 0.15) is 11.6 Å². The van der Waals surface area contributed by atoms with Gasteiger partial charge in [0.05, 0.1) is 10.6 Å². The van der Waals surface area contributed by atoms with Gasteiger partial charge in [0, 0.05) is 18.2 Å². The molecule has 0 saturated carbocycles. The molecule has 2 rings (SSSR count). The van der Waals surface area contributed by atoms with Crippen LogP contribution in [0.4, 0.5) is 5.82 Å². The molecule has 4 heteroatoms. The predicted molar refractivity (Wildman–Crippen MR) is 69.1 cm³/mol. The van der Waals surface area contributed by atoms with Crippen LogP contribution in [-0.2, 0) is 6.42 Å². The molecule has 1 aliphatic rings. The number of aryl methyl sites for hydroxylation is 2. The molecule has 0 saturated heterocycles. The van der Waals surface area contributed by atoms with Crippen LogP contribution in [-0.4, -0.2) is 21.8 Å². The summed E-state index contributed by atoms with van der Waals surface area (Å²) in [5.74, 6) is 3.65. The van der Waals surface area contributed by atoms with Gasteiger partial charge in [-0.2, -0.15) is 0 Å². The molecule has 1 atom stereocenters. The second-order valence-electron chi connectivity index (χ2n) is 4.67. The van der Waals surface area contributed by atoms with Crippen LogP contribution in [0.1, 0.15) is 32.3 Å². The lowest BCUT2D eigenvalue weighted by molar-refractivity contribution is 0.556. The maximum Gasteiger partial charge on any atom is 0.143 e. The average Bonchev–Trinajstić information content (AvgIpc) is 2.65. The maximum absolute atomic E-state index is 4.52. The number of nitrogens with zero attached hydrogens (tertiary/aromatic N) is 2. The first-order chi connectivity index (χ1) is 7.58. The molecule has 0 radical (unpaired) electrons. The second-order valence-corrected chi connectivity index (χ2v) is 5.78. The highest BCUT2D eigenvalue weighted by atomic mass is 32.2. The fraction of sp³-hybridized carbons (Fsp3) is 0.667. The Bertz CT molecular complexity index is 390. The van der Waals surface area contributed by atoms with Crippen LogP contribution in [0.5, 0.6) is 0 Å². The number of hydrogen-bond acceptors (Lipinski definition) is 4. The summed E-state index contributed by atoms with van der Waals surface area (Å²) in [6, 6.07) is 0.444. The molecule has 3 nitrogen and oxygen atoms in total. The number of rotatable bonds is 3. The van der Waals surface area contributed by atoms with E-state index in [1.54, 1.807) is 0 Å². The summed E-state index contributed by atoms with van der Waals surface area (Å²) in [7, 11) is 0. The van der Waals surface area contributed by atoms with E-state index in [0.29, 0.717) is 12.0 Å². The summed E-state index contributed by atoms with van der Waals surface area (Å²) in [6.45, 7) is 8.61. The van der Waals surface area contributed by atoms with Gasteiger partial charge in [-0.15, -0.1) is 11.8 Å². The van der Waals surface area contributed by atoms with Crippen molar-refractivity contribution in [1.29, 1.82) is 0 Å². The molecular formula is C12H19N3S. The zero-order valence-electron chi connectivity index (χ0n) is 10.4. The number of hydrogen-bond donors (Lipinski definition) is 1. The summed E-state index contributed by atoms with van der Waals surface area (Å²) in [5.41, 5.74) is 1.22. The van der Waals surface area contributed by atoms with Crippen LogP contribution in [0.15, 0.2) is 4.90 Å². The van der Waals surface area contributed by atoms with Gasteiger partial charge in [-0.1, -0.05) is 13.8 Å². The van der Waals surface area contributed by atoms with Crippen LogP contribution < -0.4 is 5.32 Å². The van der Waals surface area contributed by atoms with Crippen LogP contribution in [0.25, 0.3) is 0 Å². The minimum atomic E-state index is 0.444. The molecule has 16 heavy (non-hydrogen) atoms. The predicted octanol–water partition coefficient (Wildman–Crippen LogP) is 2.89. The summed E-state index contributed by atoms with van der Waals surface area (Å²) in [4.78, 5) is 10.3. The van der Waals surface area contributed by atoms with Crippen LogP contribution in [0, 0.1) is 12.8 Å². The molecule has 0 fully saturated rings. The summed E-state index contributed by atoms with van der Waals surface area (Å²) in [6.07, 6.45) is 1.08. The minimum Gasteiger partial charge on any atom is -0.366 e. The smallest absolute Gasteiger partial charge is 0.143 e. The van der Waals surface area contributed by atoms with E-state index in [1.165, 1.54) is 10.6 Å². The number of nitrogens with one attached hydrogen (secondary N) is 1. The van der Waals surface area contributed by atoms with E-state index in [0.717, 1.165) is 23.8 Å². The van der Waals surface area contributed by atoms with Gasteiger partial charge in [-0.05, 0) is 19.8 Å². The van der Waals surface area contributed by atoms with Crippen LogP contribution in [0.2, 0.25) is 0 Å². The van der Waals surface area contributed by atoms with Crippen molar-refractivity contribution >= 4 is 17.6 Å². The van der Waals surface area contributed by atoms with Crippen molar-refractivity contribution in [2.45, 2.75) is 45.1 Å². The molecule has 2 heterocycles. The molecule has 0 bridgehead atoms. The Morgan fingerprint density at radius 2 is 2.00 bits per heavy atom. The Kier molecular flexibility index (Phi) is 3.38. The number of thioether (sulfide) groups is 1. The molecule has 1 N–H and O–H groups in total. The SMILES string of the molecule is Cc1nc2c(c(NC(C)C(C)C)n1)SCC2. The Morgan fingerprint density at radius 3 is 2.69 bits per heavy atom. The summed E-state index contributed by atoms with van der Waals surface area (Å²) < 4.78 is 0. The van der Waals surface area contributed by atoms with Gasteiger partial charge in [0.15, 0.2) is 0 Å². The molecule has 0 spiro atoms. The van der Waals surface area contributed by atoms with Gasteiger partial charge in [0.25, 0.3) is 0 Å². The highest BCUT2D eigenvalue weighted by Gasteiger charge is 2.20. The number of aromatic nitrogens is 2. The van der Waals surface area contributed by atoms with Crippen molar-refractivity contribution in [2.24, 2.45) is 5.92 Å². The lowest BCUT2D eigenvalue weighted by atomic mass is 10.1. The van der Waals surface area contributed by atoms with Gasteiger partial charge >= 0.3 is 0 Å². The topological polar surface area (TPSA) is 37.8 Å². The zero-order valence-corrected chi connectivity index (χ0v) is 11.2. The lowest BCUT2D eigenvalue weighted by Crippen LogP contribution is -2.23. The molecule has 1 aromatic rings. The van der Waals surface area contributed by atoms with Crippen LogP contribution >= 0.6 is 11.8 Å². The van der Waals surface area contributed by atoms with E-state index in [-0.39, 0.29) is 0 Å². The molecule has 1 aromatic heterocycles. The molecule has 1 aliphatic heterocycles. The van der Waals surface area contributed by atoms with Crippen molar-refractivity contribution in [1.82, 2.24) is 9.97 Å². The minimum absolute atomic E-state index is 0.444. The fourth-order valence-corrected chi connectivity index (χ4v) is 2.73. The van der Waals surface area contributed by atoms with Gasteiger partial charge in [-0.3, -0.25) is 0 Å². The third-order valence-corrected chi connectivity index (χ3v) is 4.12. The standard InChI is InChI=1S/C12H19N3S/c1-7(2)8(3)13-12-11-10(5-6-16-11)14-9(4)15-12/h7-8H,5-6H2,1-4H3,(H,13,14,15). The van der Waals surface area contributed by atoms with Crippen molar-refractivity contribution in [3.8, 4) is 0 Å². The maximum atomic E-state index is 4.52. The molecule has 0 amide bonds. The molecule has 88 valence electrons. The first-order valence-corrected chi connectivity index (χ1v) is 6.83. The van der Waals surface area contributed by atoms with E-state index >= 15 is 0 Å². The van der Waals surface area contributed by atoms with Crippen molar-refractivity contribution < 1.29 is 0 Å². The Morgan fingerprint density at radius 1 is 1.25 bits per heavy atom. The summed E-state index contributed by atoms with van der Waals surface area (Å²) >= 11 is 1.87. The normalized spacial score (nSPS) is 16.3. The fourth-order valence-electron chi connectivity index (χ4n) is 1.67. The monoisotopic (exact) mass is 237 g/mol. The van der Waals surface area contributed by atoms with Crippen molar-refractivity contribution in [3.63, 3.8) is 0 Å². The zero-order chi connectivity index (χ0) is 11.7. The molecule has 1 unspecified atom stereocenters. The largest absolute Gasteiger partial charge is 0.366 e. The Hall–Kier alpha value is -0.770. The average molecular weight is 237 g/mol. The number of fused-ring (bicyclic) bond motifs is 1. The number of anilines is 1. The summed E-state index contributed by atoms with van der Waals surface area (Å²) in [5, 5.41) is 3.51. The highest BCUT2D eigenvalue weighted by Crippen LogP contribution is 2.35. The van der Waals surface area contributed by atoms with E-state index in [2.05, 4.69) is 36.1 Å².